The first kappa shape index (κ1) is 10.2. The summed E-state index contributed by atoms with van der Waals surface area (Å²) < 4.78 is 0. The average Bonchev–Trinajstić information content (AvgIpc) is 1.98. The normalized spacial score (nSPS) is 25.8. The molecule has 1 heteroatoms. The summed E-state index contributed by atoms with van der Waals surface area (Å²) in [4.78, 5) is 11.8. The number of ketones is 1. The molecule has 0 fully saturated rings. The highest BCUT2D eigenvalue weighted by Crippen LogP contribution is 2.45. The predicted octanol–water partition coefficient (Wildman–Crippen LogP) is 3.12. The van der Waals surface area contributed by atoms with Crippen LogP contribution in [0.1, 0.15) is 34.6 Å². The van der Waals surface area contributed by atoms with Crippen LogP contribution in [-0.2, 0) is 4.79 Å². The van der Waals surface area contributed by atoms with Crippen molar-refractivity contribution in [2.24, 2.45) is 10.8 Å². The molecule has 0 saturated carbocycles. The molecule has 1 aliphatic carbocycles. The Hall–Kier alpha value is -0.850. The van der Waals surface area contributed by atoms with E-state index in [1.54, 1.807) is 0 Å². The fourth-order valence-electron chi connectivity index (χ4n) is 2.13. The maximum absolute atomic E-state index is 11.8. The molecule has 0 N–H and O–H groups in total. The lowest BCUT2D eigenvalue weighted by atomic mass is 9.63. The van der Waals surface area contributed by atoms with Gasteiger partial charge in [-0.05, 0) is 26.3 Å². The van der Waals surface area contributed by atoms with Crippen LogP contribution >= 0.6 is 0 Å². The van der Waals surface area contributed by atoms with Crippen molar-refractivity contribution in [2.45, 2.75) is 34.6 Å². The van der Waals surface area contributed by atoms with E-state index in [1.165, 1.54) is 0 Å². The maximum atomic E-state index is 11.8. The first-order chi connectivity index (χ1) is 5.69. The smallest absolute Gasteiger partial charge is 0.167 e. The van der Waals surface area contributed by atoms with E-state index in [0.717, 1.165) is 11.1 Å². The van der Waals surface area contributed by atoms with Crippen molar-refractivity contribution >= 4 is 5.78 Å². The van der Waals surface area contributed by atoms with Crippen LogP contribution in [0.3, 0.4) is 0 Å². The van der Waals surface area contributed by atoms with Crippen molar-refractivity contribution < 1.29 is 4.79 Å². The lowest BCUT2D eigenvalue weighted by Gasteiger charge is -2.40. The highest BCUT2D eigenvalue weighted by Gasteiger charge is 2.42. The first-order valence-electron chi connectivity index (χ1n) is 4.64. The number of hydrogen-bond donors (Lipinski definition) is 0. The topological polar surface area (TPSA) is 17.1 Å². The van der Waals surface area contributed by atoms with Crippen molar-refractivity contribution in [3.8, 4) is 0 Å². The van der Waals surface area contributed by atoms with Gasteiger partial charge in [0.1, 0.15) is 0 Å². The lowest BCUT2D eigenvalue weighted by molar-refractivity contribution is -0.122. The monoisotopic (exact) mass is 178 g/mol. The summed E-state index contributed by atoms with van der Waals surface area (Å²) in [5, 5.41) is 0. The van der Waals surface area contributed by atoms with E-state index in [1.807, 2.05) is 26.8 Å². The Morgan fingerprint density at radius 3 is 2.15 bits per heavy atom. The Labute approximate surface area is 80.5 Å². The van der Waals surface area contributed by atoms with Crippen LogP contribution in [0.25, 0.3) is 0 Å². The summed E-state index contributed by atoms with van der Waals surface area (Å²) in [7, 11) is 0. The summed E-state index contributed by atoms with van der Waals surface area (Å²) in [6.07, 6.45) is 2.02. The van der Waals surface area contributed by atoms with Crippen LogP contribution in [0, 0.1) is 10.8 Å². The van der Waals surface area contributed by atoms with Crippen LogP contribution in [0.4, 0.5) is 0 Å². The minimum Gasteiger partial charge on any atom is -0.294 e. The van der Waals surface area contributed by atoms with Gasteiger partial charge in [0.2, 0.25) is 0 Å². The number of carbonyl (C=O) groups excluding carboxylic acids is 1. The molecule has 0 atom stereocenters. The van der Waals surface area contributed by atoms with Crippen LogP contribution in [0.2, 0.25) is 0 Å². The van der Waals surface area contributed by atoms with Crippen LogP contribution < -0.4 is 0 Å². The van der Waals surface area contributed by atoms with Gasteiger partial charge < -0.3 is 0 Å². The van der Waals surface area contributed by atoms with Crippen molar-refractivity contribution in [1.29, 1.82) is 0 Å². The Balaban J connectivity index is 3.32. The lowest BCUT2D eigenvalue weighted by Crippen LogP contribution is -2.37. The predicted molar refractivity (Wildman–Crippen MR) is 55.5 cm³/mol. The molecule has 13 heavy (non-hydrogen) atoms. The molecule has 0 saturated heterocycles. The van der Waals surface area contributed by atoms with E-state index in [2.05, 4.69) is 20.4 Å². The van der Waals surface area contributed by atoms with Crippen LogP contribution in [-0.4, -0.2) is 5.78 Å². The van der Waals surface area contributed by atoms with Gasteiger partial charge in [0.15, 0.2) is 5.78 Å². The standard InChI is InChI=1S/C12H18O/c1-8-7-11(3,4)9(2)12(5,6)10(8)13/h7H,2H2,1,3-6H3. The largest absolute Gasteiger partial charge is 0.294 e. The minimum absolute atomic E-state index is 0.0541. The number of carbonyl (C=O) groups is 1. The molecule has 0 aromatic rings. The van der Waals surface area contributed by atoms with Gasteiger partial charge in [0.05, 0.1) is 0 Å². The molecule has 0 heterocycles. The average molecular weight is 178 g/mol. The number of hydrogen-bond acceptors (Lipinski definition) is 1. The van der Waals surface area contributed by atoms with Gasteiger partial charge in [-0.25, -0.2) is 0 Å². The molecule has 0 spiro atoms. The molecule has 72 valence electrons. The number of allylic oxidation sites excluding steroid dienone is 3. The molecule has 0 bridgehead atoms. The summed E-state index contributed by atoms with van der Waals surface area (Å²) in [5.74, 6) is 0.205. The van der Waals surface area contributed by atoms with Gasteiger partial charge in [-0.2, -0.15) is 0 Å². The van der Waals surface area contributed by atoms with Gasteiger partial charge in [-0.3, -0.25) is 4.79 Å². The maximum Gasteiger partial charge on any atom is 0.167 e. The molecular weight excluding hydrogens is 160 g/mol. The second-order valence-corrected chi connectivity index (χ2v) is 4.98. The molecule has 1 nitrogen and oxygen atoms in total. The molecule has 0 amide bonds. The van der Waals surface area contributed by atoms with Gasteiger partial charge in [0, 0.05) is 10.8 Å². The fraction of sp³-hybridized carbons (Fsp3) is 0.583. The molecule has 0 aliphatic heterocycles. The van der Waals surface area contributed by atoms with Crippen LogP contribution in [0.5, 0.6) is 0 Å². The molecule has 1 aliphatic rings. The molecule has 0 aromatic carbocycles. The zero-order valence-electron chi connectivity index (χ0n) is 9.19. The third-order valence-electron chi connectivity index (χ3n) is 3.04. The quantitative estimate of drug-likeness (QED) is 0.521. The Bertz CT molecular complexity index is 303. The SMILES string of the molecule is C=C1C(C)(C)C=C(C)C(=O)C1(C)C. The zero-order valence-corrected chi connectivity index (χ0v) is 9.19. The first-order valence-corrected chi connectivity index (χ1v) is 4.64. The van der Waals surface area contributed by atoms with E-state index in [0.29, 0.717) is 0 Å². The molecule has 0 radical (unpaired) electrons. The second kappa shape index (κ2) is 2.57. The van der Waals surface area contributed by atoms with E-state index < -0.39 is 5.41 Å². The third kappa shape index (κ3) is 1.37. The van der Waals surface area contributed by atoms with E-state index in [-0.39, 0.29) is 11.2 Å². The third-order valence-corrected chi connectivity index (χ3v) is 3.04. The summed E-state index contributed by atoms with van der Waals surface area (Å²) in [5.41, 5.74) is 1.42. The fourth-order valence-corrected chi connectivity index (χ4v) is 2.13. The highest BCUT2D eigenvalue weighted by molar-refractivity contribution is 6.02. The molecule has 1 rings (SSSR count). The van der Waals surface area contributed by atoms with Gasteiger partial charge in [0.25, 0.3) is 0 Å². The van der Waals surface area contributed by atoms with Crippen molar-refractivity contribution in [2.75, 3.05) is 0 Å². The van der Waals surface area contributed by atoms with Gasteiger partial charge in [-0.15, -0.1) is 0 Å². The van der Waals surface area contributed by atoms with Crippen molar-refractivity contribution in [3.63, 3.8) is 0 Å². The summed E-state index contributed by atoms with van der Waals surface area (Å²) in [6, 6.07) is 0. The number of rotatable bonds is 0. The molecular formula is C12H18O. The van der Waals surface area contributed by atoms with Crippen molar-refractivity contribution in [3.05, 3.63) is 23.8 Å². The molecule has 0 aromatic heterocycles. The Morgan fingerprint density at radius 1 is 1.23 bits per heavy atom. The molecule has 0 unspecified atom stereocenters. The summed E-state index contributed by atoms with van der Waals surface area (Å²) >= 11 is 0. The van der Waals surface area contributed by atoms with Crippen LogP contribution in [0.15, 0.2) is 23.8 Å². The highest BCUT2D eigenvalue weighted by atomic mass is 16.1. The summed E-state index contributed by atoms with van der Waals surface area (Å²) in [6.45, 7) is 14.0. The second-order valence-electron chi connectivity index (χ2n) is 4.98. The van der Waals surface area contributed by atoms with Gasteiger partial charge in [-0.1, -0.05) is 32.1 Å². The van der Waals surface area contributed by atoms with Crippen molar-refractivity contribution in [1.82, 2.24) is 0 Å². The Morgan fingerprint density at radius 2 is 1.69 bits per heavy atom. The van der Waals surface area contributed by atoms with E-state index in [9.17, 15) is 4.79 Å². The Kier molecular flexibility index (Phi) is 2.02. The minimum atomic E-state index is -0.400. The van der Waals surface area contributed by atoms with E-state index in [4.69, 9.17) is 0 Å². The van der Waals surface area contributed by atoms with E-state index >= 15 is 0 Å². The number of Topliss-reactive ketones (excluding diaryl/α,β-unsaturated/α-hetero) is 1. The zero-order chi connectivity index (χ0) is 10.4. The van der Waals surface area contributed by atoms with Gasteiger partial charge >= 0.3 is 0 Å².